The van der Waals surface area contributed by atoms with Gasteiger partial charge in [-0.15, -0.1) is 15.3 Å². The molecule has 3 aromatic rings. The number of tetrazole rings is 1. The number of hydrogen-bond donors (Lipinski definition) is 0. The van der Waals surface area contributed by atoms with E-state index in [0.29, 0.717) is 23.7 Å². The maximum Gasteiger partial charge on any atom is 0.442 e. The van der Waals surface area contributed by atoms with Gasteiger partial charge in [-0.25, -0.2) is 9.07 Å². The summed E-state index contributed by atoms with van der Waals surface area (Å²) in [5.74, 6) is 0.768. The van der Waals surface area contributed by atoms with Crippen LogP contribution >= 0.6 is 0 Å². The van der Waals surface area contributed by atoms with E-state index >= 15 is 0 Å². The van der Waals surface area contributed by atoms with Crippen LogP contribution in [0.4, 0.5) is 23.2 Å². The Balaban J connectivity index is 1.55. The van der Waals surface area contributed by atoms with Gasteiger partial charge in [-0.1, -0.05) is 18.2 Å². The zero-order chi connectivity index (χ0) is 27.1. The molecule has 14 heteroatoms. The van der Waals surface area contributed by atoms with E-state index < -0.39 is 11.8 Å². The number of halogens is 4. The van der Waals surface area contributed by atoms with Crippen molar-refractivity contribution in [3.8, 4) is 5.75 Å². The van der Waals surface area contributed by atoms with E-state index in [1.807, 2.05) is 11.9 Å². The van der Waals surface area contributed by atoms with E-state index in [9.17, 15) is 17.6 Å². The van der Waals surface area contributed by atoms with Crippen molar-refractivity contribution in [2.24, 2.45) is 33.6 Å². The molecule has 0 spiro atoms. The number of hydrogen-bond acceptors (Lipinski definition) is 9. The minimum atomic E-state index is -4.85. The molecule has 1 aromatic heterocycles. The largest absolute Gasteiger partial charge is 0.495 e. The molecule has 2 heterocycles. The molecular weight excluding hydrogens is 506 g/mol. The highest BCUT2D eigenvalue weighted by Gasteiger charge is 2.60. The van der Waals surface area contributed by atoms with Crippen molar-refractivity contribution in [2.45, 2.75) is 43.1 Å². The number of benzene rings is 2. The molecule has 38 heavy (non-hydrogen) atoms. The van der Waals surface area contributed by atoms with Crippen molar-refractivity contribution in [1.82, 2.24) is 20.2 Å². The fourth-order valence-corrected chi connectivity index (χ4v) is 5.50. The molecule has 0 N–H and O–H groups in total. The van der Waals surface area contributed by atoms with Crippen molar-refractivity contribution in [2.75, 3.05) is 19.1 Å². The monoisotopic (exact) mass is 531 g/mol. The third kappa shape index (κ3) is 4.37. The second kappa shape index (κ2) is 9.72. The number of nitrogens with zero attached hydrogens (tertiary/aromatic N) is 9. The van der Waals surface area contributed by atoms with Crippen molar-refractivity contribution >= 4 is 5.69 Å². The maximum atomic E-state index is 14.1. The fraction of sp³-hybridized carbons (Fsp3) is 0.458. The summed E-state index contributed by atoms with van der Waals surface area (Å²) < 4.78 is 63.2. The molecule has 10 nitrogen and oxygen atoms in total. The molecule has 2 aromatic carbocycles. The van der Waals surface area contributed by atoms with Crippen LogP contribution in [0.5, 0.6) is 5.75 Å². The lowest BCUT2D eigenvalue weighted by atomic mass is 9.84. The summed E-state index contributed by atoms with van der Waals surface area (Å²) in [6.07, 6.45) is -2.72. The third-order valence-electron chi connectivity index (χ3n) is 7.44. The van der Waals surface area contributed by atoms with Gasteiger partial charge >= 0.3 is 11.8 Å². The summed E-state index contributed by atoms with van der Waals surface area (Å²) in [7, 11) is 5.04. The van der Waals surface area contributed by atoms with Gasteiger partial charge in [-0.05, 0) is 69.5 Å². The average Bonchev–Trinajstić information content (AvgIpc) is 3.65. The lowest BCUT2D eigenvalue weighted by molar-refractivity contribution is -0.187. The summed E-state index contributed by atoms with van der Waals surface area (Å²) in [6.45, 7) is 0. The van der Waals surface area contributed by atoms with Crippen LogP contribution in [0, 0.1) is 11.7 Å². The van der Waals surface area contributed by atoms with Crippen LogP contribution in [0.1, 0.15) is 35.7 Å². The smallest absolute Gasteiger partial charge is 0.442 e. The van der Waals surface area contributed by atoms with Gasteiger partial charge in [0.15, 0.2) is 5.82 Å². The Morgan fingerprint density at radius 2 is 1.79 bits per heavy atom. The number of aromatic nitrogens is 4. The van der Waals surface area contributed by atoms with Gasteiger partial charge in [0.2, 0.25) is 0 Å². The summed E-state index contributed by atoms with van der Waals surface area (Å²) in [6, 6.07) is 10.3. The summed E-state index contributed by atoms with van der Waals surface area (Å²) >= 11 is 0. The highest BCUT2D eigenvalue weighted by Crippen LogP contribution is 2.50. The van der Waals surface area contributed by atoms with Crippen LogP contribution in [0.2, 0.25) is 0 Å². The SMILES string of the molecule is COc1ccc(C2(C(F)(F)F)N=NN=N2)cc1N(C)C1CCC(Cc2nnnn2C)C1c1ccc(F)cc1. The van der Waals surface area contributed by atoms with Gasteiger partial charge in [0.25, 0.3) is 0 Å². The van der Waals surface area contributed by atoms with Crippen molar-refractivity contribution in [1.29, 1.82) is 0 Å². The van der Waals surface area contributed by atoms with E-state index in [-0.39, 0.29) is 29.3 Å². The predicted octanol–water partition coefficient (Wildman–Crippen LogP) is 5.15. The average molecular weight is 532 g/mol. The molecule has 0 radical (unpaired) electrons. The van der Waals surface area contributed by atoms with Crippen LogP contribution in [-0.2, 0) is 19.1 Å². The number of alkyl halides is 3. The van der Waals surface area contributed by atoms with Gasteiger partial charge < -0.3 is 9.64 Å². The number of likely N-dealkylation sites (N-methyl/N-ethyl adjacent to an activating group) is 1. The minimum Gasteiger partial charge on any atom is -0.495 e. The normalized spacial score (nSPS) is 22.2. The van der Waals surface area contributed by atoms with Crippen molar-refractivity contribution < 1.29 is 22.3 Å². The maximum absolute atomic E-state index is 14.1. The van der Waals surface area contributed by atoms with E-state index in [2.05, 4.69) is 36.2 Å². The highest BCUT2D eigenvalue weighted by atomic mass is 19.4. The molecule has 1 saturated carbocycles. The second-order valence-corrected chi connectivity index (χ2v) is 9.45. The molecule has 5 rings (SSSR count). The van der Waals surface area contributed by atoms with Crippen molar-refractivity contribution in [3.05, 3.63) is 65.2 Å². The predicted molar refractivity (Wildman–Crippen MR) is 127 cm³/mol. The molecule has 2 aliphatic rings. The first kappa shape index (κ1) is 25.7. The number of aryl methyl sites for hydroxylation is 1. The molecule has 3 atom stereocenters. The molecule has 0 bridgehead atoms. The number of rotatable bonds is 7. The Kier molecular flexibility index (Phi) is 6.57. The Labute approximate surface area is 215 Å². The minimum absolute atomic E-state index is 0.0897. The summed E-state index contributed by atoms with van der Waals surface area (Å²) in [5.41, 5.74) is -1.79. The van der Waals surface area contributed by atoms with E-state index in [0.717, 1.165) is 18.4 Å². The Morgan fingerprint density at radius 1 is 1.08 bits per heavy atom. The van der Waals surface area contributed by atoms with Crippen LogP contribution < -0.4 is 9.64 Å². The number of anilines is 1. The molecule has 200 valence electrons. The van der Waals surface area contributed by atoms with Crippen LogP contribution in [0.25, 0.3) is 0 Å². The highest BCUT2D eigenvalue weighted by molar-refractivity contribution is 5.62. The lowest BCUT2D eigenvalue weighted by Gasteiger charge is -2.35. The molecule has 0 saturated heterocycles. The molecule has 1 aliphatic carbocycles. The zero-order valence-corrected chi connectivity index (χ0v) is 20.8. The van der Waals surface area contributed by atoms with Crippen molar-refractivity contribution in [3.63, 3.8) is 0 Å². The van der Waals surface area contributed by atoms with Gasteiger partial charge in [0.1, 0.15) is 11.6 Å². The number of methoxy groups -OCH3 is 1. The zero-order valence-electron chi connectivity index (χ0n) is 20.8. The van der Waals surface area contributed by atoms with Gasteiger partial charge in [0, 0.05) is 38.0 Å². The molecule has 0 amide bonds. The van der Waals surface area contributed by atoms with Crippen LogP contribution in [0.3, 0.4) is 0 Å². The lowest BCUT2D eigenvalue weighted by Crippen LogP contribution is -2.38. The first-order valence-corrected chi connectivity index (χ1v) is 11.9. The number of ether oxygens (including phenoxy) is 1. The first-order valence-electron chi connectivity index (χ1n) is 11.9. The Morgan fingerprint density at radius 3 is 2.39 bits per heavy atom. The van der Waals surface area contributed by atoms with Crippen LogP contribution in [-0.4, -0.2) is 46.6 Å². The first-order chi connectivity index (χ1) is 18.1. The van der Waals surface area contributed by atoms with Gasteiger partial charge in [-0.2, -0.15) is 13.2 Å². The standard InChI is InChI=1S/C24H25F4N9O/c1-36(19-13-16(7-11-20(19)38-3)23(24(26,27)28)30-33-34-31-23)18-10-6-15(12-21-29-32-35-37(21)2)22(18)14-4-8-17(25)9-5-14/h4-5,7-9,11,13,15,18,22H,6,10,12H2,1-3H3. The van der Waals surface area contributed by atoms with E-state index in [4.69, 9.17) is 4.74 Å². The Bertz CT molecular complexity index is 1340. The second-order valence-electron chi connectivity index (χ2n) is 9.45. The van der Waals surface area contributed by atoms with Gasteiger partial charge in [-0.3, -0.25) is 0 Å². The summed E-state index contributed by atoms with van der Waals surface area (Å²) in [4.78, 5) is 1.92. The van der Waals surface area contributed by atoms with Crippen LogP contribution in [0.15, 0.2) is 63.1 Å². The van der Waals surface area contributed by atoms with Gasteiger partial charge in [0.05, 0.1) is 12.8 Å². The third-order valence-corrected chi connectivity index (χ3v) is 7.44. The Hall–Kier alpha value is -3.97. The molecule has 1 aliphatic heterocycles. The molecule has 1 fully saturated rings. The topological polar surface area (TPSA) is 106 Å². The molecule has 3 unspecified atom stereocenters. The quantitative estimate of drug-likeness (QED) is 0.392. The summed E-state index contributed by atoms with van der Waals surface area (Å²) in [5, 5.41) is 24.8. The molecular formula is C24H25F4N9O. The van der Waals surface area contributed by atoms with E-state index in [1.165, 1.54) is 37.4 Å². The fourth-order valence-electron chi connectivity index (χ4n) is 5.50. The van der Waals surface area contributed by atoms with E-state index in [1.54, 1.807) is 23.9 Å².